The average molecular weight is 216 g/mol. The Bertz CT molecular complexity index is 301. The molecule has 1 N–H and O–H groups in total. The molecule has 1 aromatic rings. The van der Waals surface area contributed by atoms with Crippen molar-refractivity contribution in [3.05, 3.63) is 32.8 Å². The van der Waals surface area contributed by atoms with Gasteiger partial charge in [0.25, 0.3) is 5.69 Å². The van der Waals surface area contributed by atoms with E-state index in [2.05, 4.69) is 15.9 Å². The van der Waals surface area contributed by atoms with Crippen LogP contribution in [0.15, 0.2) is 22.7 Å². The standard InChI is InChI=1S/C6H4BrN2O2/c7-5-3-4(9(10)11)1-2-6(5)8/h1-3,8H. The largest absolute Gasteiger partial charge is 0.300 e. The van der Waals surface area contributed by atoms with Gasteiger partial charge in [0.15, 0.2) is 0 Å². The molecule has 1 radical (unpaired) electrons. The predicted molar refractivity (Wildman–Crippen MR) is 43.6 cm³/mol. The minimum atomic E-state index is -0.496. The zero-order chi connectivity index (χ0) is 8.43. The van der Waals surface area contributed by atoms with E-state index >= 15 is 0 Å². The van der Waals surface area contributed by atoms with E-state index in [1.807, 2.05) is 0 Å². The highest BCUT2D eigenvalue weighted by Crippen LogP contribution is 2.25. The van der Waals surface area contributed by atoms with Crippen LogP contribution in [0.25, 0.3) is 0 Å². The van der Waals surface area contributed by atoms with Gasteiger partial charge in [-0.3, -0.25) is 15.8 Å². The molecule has 57 valence electrons. The van der Waals surface area contributed by atoms with Crippen molar-refractivity contribution < 1.29 is 4.92 Å². The van der Waals surface area contributed by atoms with Gasteiger partial charge in [0.2, 0.25) is 0 Å². The van der Waals surface area contributed by atoms with Crippen LogP contribution in [0.2, 0.25) is 0 Å². The van der Waals surface area contributed by atoms with Gasteiger partial charge in [-0.15, -0.1) is 0 Å². The Morgan fingerprint density at radius 2 is 2.18 bits per heavy atom. The molecular formula is C6H4BrN2O2. The van der Waals surface area contributed by atoms with E-state index in [-0.39, 0.29) is 11.4 Å². The SMILES string of the molecule is [NH]c1ccc([N+](=O)[O-])cc1Br. The Morgan fingerprint density at radius 3 is 2.64 bits per heavy atom. The van der Waals surface area contributed by atoms with Crippen LogP contribution in [0.5, 0.6) is 0 Å². The highest BCUT2D eigenvalue weighted by molar-refractivity contribution is 9.10. The summed E-state index contributed by atoms with van der Waals surface area (Å²) in [5.41, 5.74) is 7.43. The third kappa shape index (κ3) is 1.68. The molecule has 0 aliphatic carbocycles. The topological polar surface area (TPSA) is 66.9 Å². The third-order valence-electron chi connectivity index (χ3n) is 1.16. The second kappa shape index (κ2) is 2.87. The molecule has 0 heterocycles. The molecular weight excluding hydrogens is 212 g/mol. The first kappa shape index (κ1) is 8.00. The molecule has 0 fully saturated rings. The van der Waals surface area contributed by atoms with E-state index in [9.17, 15) is 10.1 Å². The van der Waals surface area contributed by atoms with Crippen molar-refractivity contribution in [2.24, 2.45) is 0 Å². The highest BCUT2D eigenvalue weighted by atomic mass is 79.9. The lowest BCUT2D eigenvalue weighted by atomic mass is 10.3. The van der Waals surface area contributed by atoms with Gasteiger partial charge in [0.05, 0.1) is 10.6 Å². The van der Waals surface area contributed by atoms with Gasteiger partial charge in [0, 0.05) is 16.6 Å². The molecule has 0 atom stereocenters. The molecule has 4 nitrogen and oxygen atoms in total. The van der Waals surface area contributed by atoms with Crippen LogP contribution in [-0.4, -0.2) is 4.92 Å². The van der Waals surface area contributed by atoms with E-state index in [0.717, 1.165) is 0 Å². The molecule has 11 heavy (non-hydrogen) atoms. The first-order valence-electron chi connectivity index (χ1n) is 2.77. The van der Waals surface area contributed by atoms with Crippen molar-refractivity contribution in [2.75, 3.05) is 0 Å². The Kier molecular flexibility index (Phi) is 2.09. The monoisotopic (exact) mass is 215 g/mol. The van der Waals surface area contributed by atoms with Crippen molar-refractivity contribution in [3.8, 4) is 0 Å². The average Bonchev–Trinajstić information content (AvgIpc) is 1.94. The quantitative estimate of drug-likeness (QED) is 0.533. The van der Waals surface area contributed by atoms with Crippen LogP contribution in [0.3, 0.4) is 0 Å². The highest BCUT2D eigenvalue weighted by Gasteiger charge is 2.06. The Morgan fingerprint density at radius 1 is 1.55 bits per heavy atom. The van der Waals surface area contributed by atoms with Crippen molar-refractivity contribution >= 4 is 27.3 Å². The van der Waals surface area contributed by atoms with Crippen LogP contribution in [-0.2, 0) is 0 Å². The van der Waals surface area contributed by atoms with Gasteiger partial charge in [-0.1, -0.05) is 0 Å². The van der Waals surface area contributed by atoms with Crippen LogP contribution in [0.4, 0.5) is 11.4 Å². The molecule has 1 rings (SSSR count). The minimum absolute atomic E-state index is 0.00660. The van der Waals surface area contributed by atoms with Crippen LogP contribution < -0.4 is 5.73 Å². The smallest absolute Gasteiger partial charge is 0.270 e. The van der Waals surface area contributed by atoms with E-state index in [4.69, 9.17) is 5.73 Å². The Balaban J connectivity index is 3.15. The lowest BCUT2D eigenvalue weighted by molar-refractivity contribution is -0.384. The van der Waals surface area contributed by atoms with Crippen molar-refractivity contribution in [2.45, 2.75) is 0 Å². The summed E-state index contributed by atoms with van der Waals surface area (Å²) in [4.78, 5) is 9.69. The fraction of sp³-hybridized carbons (Fsp3) is 0. The fourth-order valence-electron chi connectivity index (χ4n) is 0.618. The molecule has 0 spiro atoms. The van der Waals surface area contributed by atoms with E-state index < -0.39 is 4.92 Å². The van der Waals surface area contributed by atoms with Gasteiger partial charge in [-0.2, -0.15) is 0 Å². The zero-order valence-electron chi connectivity index (χ0n) is 5.37. The number of rotatable bonds is 1. The third-order valence-corrected chi connectivity index (χ3v) is 1.82. The van der Waals surface area contributed by atoms with Crippen LogP contribution >= 0.6 is 15.9 Å². The van der Waals surface area contributed by atoms with Gasteiger partial charge in [-0.25, -0.2) is 0 Å². The molecule has 0 aliphatic heterocycles. The summed E-state index contributed by atoms with van der Waals surface area (Å²) in [5.74, 6) is 0. The molecule has 0 saturated carbocycles. The number of non-ortho nitro benzene ring substituents is 1. The van der Waals surface area contributed by atoms with Gasteiger partial charge in [-0.05, 0) is 22.0 Å². The van der Waals surface area contributed by atoms with Crippen molar-refractivity contribution in [1.29, 1.82) is 0 Å². The second-order valence-electron chi connectivity index (χ2n) is 1.92. The second-order valence-corrected chi connectivity index (χ2v) is 2.78. The maximum absolute atomic E-state index is 10.2. The van der Waals surface area contributed by atoms with Crippen molar-refractivity contribution in [1.82, 2.24) is 5.73 Å². The lowest BCUT2D eigenvalue weighted by Gasteiger charge is -1.94. The van der Waals surface area contributed by atoms with Crippen LogP contribution in [0, 0.1) is 10.1 Å². The summed E-state index contributed by atoms with van der Waals surface area (Å²) in [5, 5.41) is 10.2. The molecule has 0 unspecified atom stereocenters. The van der Waals surface area contributed by atoms with Crippen molar-refractivity contribution in [3.63, 3.8) is 0 Å². The first-order valence-corrected chi connectivity index (χ1v) is 3.56. The van der Waals surface area contributed by atoms with Gasteiger partial charge >= 0.3 is 0 Å². The summed E-state index contributed by atoms with van der Waals surface area (Å²) in [6.07, 6.45) is 0. The molecule has 0 aliphatic rings. The number of hydrogen-bond acceptors (Lipinski definition) is 2. The van der Waals surface area contributed by atoms with E-state index in [1.165, 1.54) is 18.2 Å². The molecule has 0 amide bonds. The summed E-state index contributed by atoms with van der Waals surface area (Å²) in [6, 6.07) is 3.98. The lowest BCUT2D eigenvalue weighted by Crippen LogP contribution is -1.87. The first-order chi connectivity index (χ1) is 5.11. The molecule has 1 aromatic carbocycles. The molecule has 5 heteroatoms. The minimum Gasteiger partial charge on any atom is -0.300 e. The number of halogens is 1. The number of hydrogen-bond donors (Lipinski definition) is 0. The molecule has 0 aromatic heterocycles. The normalized spacial score (nSPS) is 9.55. The Labute approximate surface area is 71.3 Å². The van der Waals surface area contributed by atoms with E-state index in [1.54, 1.807) is 0 Å². The number of nitro benzene ring substituents is 1. The number of benzene rings is 1. The van der Waals surface area contributed by atoms with Gasteiger partial charge < -0.3 is 0 Å². The Hall–Kier alpha value is -1.10. The number of nitro groups is 1. The maximum atomic E-state index is 10.2. The van der Waals surface area contributed by atoms with Gasteiger partial charge in [0.1, 0.15) is 0 Å². The summed E-state index contributed by atoms with van der Waals surface area (Å²) in [7, 11) is 0. The van der Waals surface area contributed by atoms with Crippen LogP contribution in [0.1, 0.15) is 0 Å². The van der Waals surface area contributed by atoms with E-state index in [0.29, 0.717) is 4.47 Å². The summed E-state index contributed by atoms with van der Waals surface area (Å²) < 4.78 is 0.437. The predicted octanol–water partition coefficient (Wildman–Crippen LogP) is 2.27. The molecule has 0 saturated heterocycles. The maximum Gasteiger partial charge on any atom is 0.270 e. The number of nitrogens with one attached hydrogen (secondary N) is 1. The molecule has 0 bridgehead atoms. The summed E-state index contributed by atoms with van der Waals surface area (Å²) >= 11 is 3.02. The fourth-order valence-corrected chi connectivity index (χ4v) is 0.984. The zero-order valence-corrected chi connectivity index (χ0v) is 6.96. The summed E-state index contributed by atoms with van der Waals surface area (Å²) in [6.45, 7) is 0. The number of nitrogens with zero attached hydrogens (tertiary/aromatic N) is 1.